The summed E-state index contributed by atoms with van der Waals surface area (Å²) >= 11 is 0. The van der Waals surface area contributed by atoms with E-state index in [0.29, 0.717) is 71.7 Å². The lowest BCUT2D eigenvalue weighted by molar-refractivity contribution is -0.0700. The summed E-state index contributed by atoms with van der Waals surface area (Å²) < 4.78 is 35.1. The van der Waals surface area contributed by atoms with Gasteiger partial charge in [0.05, 0.1) is 65.8 Å². The molecule has 1 atom stereocenters. The highest BCUT2D eigenvalue weighted by molar-refractivity contribution is 5.91. The zero-order valence-corrected chi connectivity index (χ0v) is 37.3. The van der Waals surface area contributed by atoms with Crippen LogP contribution in [0.2, 0.25) is 0 Å². The Balaban J connectivity index is 2.07. The molecule has 57 heavy (non-hydrogen) atoms. The molecule has 1 aromatic heterocycles. The summed E-state index contributed by atoms with van der Waals surface area (Å²) in [6.07, 6.45) is 41.1. The zero-order chi connectivity index (χ0) is 40.8. The van der Waals surface area contributed by atoms with Gasteiger partial charge in [-0.1, -0.05) is 181 Å². The van der Waals surface area contributed by atoms with Gasteiger partial charge >= 0.3 is 0 Å². The molecule has 0 bridgehead atoms. The van der Waals surface area contributed by atoms with Gasteiger partial charge in [0.2, 0.25) is 0 Å². The number of hydrogen-bond donors (Lipinski definition) is 2. The van der Waals surface area contributed by atoms with Crippen LogP contribution in [0.1, 0.15) is 204 Å². The number of nitrogens with zero attached hydrogens (tertiary/aromatic N) is 1. The van der Waals surface area contributed by atoms with E-state index < -0.39 is 0 Å². The van der Waals surface area contributed by atoms with Crippen molar-refractivity contribution in [1.82, 2.24) is 15.3 Å². The van der Waals surface area contributed by atoms with Gasteiger partial charge in [-0.05, 0) is 12.8 Å². The normalized spacial score (nSPS) is 12.1. The van der Waals surface area contributed by atoms with E-state index >= 15 is 0 Å². The topological polar surface area (TPSA) is 113 Å². The average Bonchev–Trinajstić information content (AvgIpc) is 3.77. The van der Waals surface area contributed by atoms with E-state index in [2.05, 4.69) is 29.1 Å². The molecule has 10 nitrogen and oxygen atoms in total. The van der Waals surface area contributed by atoms with Gasteiger partial charge in [-0.3, -0.25) is 4.79 Å². The Kier molecular flexibility index (Phi) is 42.7. The molecule has 1 unspecified atom stereocenters. The minimum atomic E-state index is -0.218. The summed E-state index contributed by atoms with van der Waals surface area (Å²) in [6.45, 7) is 11.1. The summed E-state index contributed by atoms with van der Waals surface area (Å²) in [6, 6.07) is 0. The molecule has 2 N–H and O–H groups in total. The van der Waals surface area contributed by atoms with Crippen molar-refractivity contribution < 1.29 is 33.2 Å². The number of ether oxygens (including phenoxy) is 6. The first-order chi connectivity index (χ1) is 28.3. The van der Waals surface area contributed by atoms with Crippen molar-refractivity contribution in [1.29, 1.82) is 0 Å². The van der Waals surface area contributed by atoms with Crippen LogP contribution < -0.4 is 5.32 Å². The second-order valence-electron chi connectivity index (χ2n) is 15.9. The van der Waals surface area contributed by atoms with Gasteiger partial charge in [0.25, 0.3) is 5.91 Å². The number of aromatic amines is 1. The first-order valence-electron chi connectivity index (χ1n) is 24.0. The lowest BCUT2D eigenvalue weighted by Gasteiger charge is -2.18. The molecule has 0 spiro atoms. The van der Waals surface area contributed by atoms with E-state index in [0.717, 1.165) is 26.1 Å². The quantitative estimate of drug-likeness (QED) is 0.0626. The van der Waals surface area contributed by atoms with E-state index in [1.807, 2.05) is 0 Å². The van der Waals surface area contributed by atoms with Crippen LogP contribution in [0.4, 0.5) is 0 Å². The molecule has 0 aliphatic heterocycles. The second-order valence-corrected chi connectivity index (χ2v) is 15.9. The first-order valence-corrected chi connectivity index (χ1v) is 24.0. The zero-order valence-electron chi connectivity index (χ0n) is 37.3. The third-order valence-electron chi connectivity index (χ3n) is 10.5. The Labute approximate surface area is 350 Å². The Hall–Kier alpha value is -1.56. The highest BCUT2D eigenvalue weighted by Gasteiger charge is 2.11. The van der Waals surface area contributed by atoms with Gasteiger partial charge < -0.3 is 38.7 Å². The highest BCUT2D eigenvalue weighted by atomic mass is 16.6. The van der Waals surface area contributed by atoms with Gasteiger partial charge in [0.1, 0.15) is 11.8 Å². The molecule has 0 saturated heterocycles. The molecule has 0 aliphatic carbocycles. The molecule has 1 heterocycles. The molecular weight excluding hydrogens is 719 g/mol. The fraction of sp³-hybridized carbons (Fsp3) is 0.915. The maximum absolute atomic E-state index is 11.8. The molecular formula is C47H91N3O7. The van der Waals surface area contributed by atoms with Crippen molar-refractivity contribution in [3.05, 3.63) is 18.2 Å². The number of unbranched alkanes of at least 4 members (excludes halogenated alkanes) is 26. The third-order valence-corrected chi connectivity index (χ3v) is 10.5. The summed E-state index contributed by atoms with van der Waals surface area (Å²) in [4.78, 5) is 18.5. The number of carbonyl (C=O) groups excluding carboxylic acids is 1. The second kappa shape index (κ2) is 45.5. The molecule has 10 heteroatoms. The number of carbonyl (C=O) groups is 1. The maximum atomic E-state index is 11.8. The van der Waals surface area contributed by atoms with Crippen LogP contribution in [0.3, 0.4) is 0 Å². The van der Waals surface area contributed by atoms with Crippen molar-refractivity contribution in [2.24, 2.45) is 0 Å². The van der Waals surface area contributed by atoms with Gasteiger partial charge in [0.15, 0.2) is 0 Å². The molecule has 1 aromatic rings. The van der Waals surface area contributed by atoms with Gasteiger partial charge in [-0.2, -0.15) is 0 Å². The van der Waals surface area contributed by atoms with Crippen LogP contribution in [-0.2, 0) is 28.4 Å². The largest absolute Gasteiger partial charge is 0.379 e. The summed E-state index contributed by atoms with van der Waals surface area (Å²) in [5, 5.41) is 2.76. The maximum Gasteiger partial charge on any atom is 0.271 e. The molecule has 0 aromatic carbocycles. The molecule has 0 aliphatic rings. The van der Waals surface area contributed by atoms with Crippen molar-refractivity contribution >= 4 is 5.91 Å². The van der Waals surface area contributed by atoms with Crippen LogP contribution in [-0.4, -0.2) is 101 Å². The monoisotopic (exact) mass is 810 g/mol. The molecule has 1 amide bonds. The van der Waals surface area contributed by atoms with Crippen LogP contribution in [0.25, 0.3) is 0 Å². The summed E-state index contributed by atoms with van der Waals surface area (Å²) in [5.41, 5.74) is 0.367. The fourth-order valence-electron chi connectivity index (χ4n) is 6.89. The van der Waals surface area contributed by atoms with Crippen molar-refractivity contribution in [2.45, 2.75) is 200 Å². The SMILES string of the molecule is CCCCCCCCCCCCCCCCOCC(COCCOCCOCCOCCNC(=O)c1c[nH]cn1)OCCCCCCCCCCCCCCCC. The number of hydrogen-bond acceptors (Lipinski definition) is 8. The number of nitrogens with one attached hydrogen (secondary N) is 2. The summed E-state index contributed by atoms with van der Waals surface area (Å²) in [5.74, 6) is -0.218. The standard InChI is InChI=1S/C47H91N3O7/c1-3-5-7-9-11-13-15-17-19-21-23-25-27-29-32-55-42-45(57-33-30-28-26-24-22-20-18-16-14-12-10-8-6-4-2)43-56-40-39-54-38-37-53-36-35-52-34-31-49-47(51)46-41-48-44-50-46/h41,44-45H,3-40,42-43H2,1-2H3,(H,48,50)(H,49,51). The Bertz CT molecular complexity index is 908. The number of rotatable bonds is 48. The van der Waals surface area contributed by atoms with E-state index in [1.165, 1.54) is 173 Å². The van der Waals surface area contributed by atoms with Crippen molar-refractivity contribution in [3.8, 4) is 0 Å². The first kappa shape index (κ1) is 53.5. The van der Waals surface area contributed by atoms with Gasteiger partial charge in [0, 0.05) is 26.0 Å². The lowest BCUT2D eigenvalue weighted by atomic mass is 10.0. The van der Waals surface area contributed by atoms with Crippen LogP contribution in [0.5, 0.6) is 0 Å². The van der Waals surface area contributed by atoms with E-state index in [4.69, 9.17) is 28.4 Å². The molecule has 0 radical (unpaired) electrons. The van der Waals surface area contributed by atoms with Crippen molar-refractivity contribution in [3.63, 3.8) is 0 Å². The third kappa shape index (κ3) is 39.7. The smallest absolute Gasteiger partial charge is 0.271 e. The molecule has 0 fully saturated rings. The van der Waals surface area contributed by atoms with E-state index in [9.17, 15) is 4.79 Å². The Morgan fingerprint density at radius 1 is 0.491 bits per heavy atom. The average molecular weight is 810 g/mol. The van der Waals surface area contributed by atoms with E-state index in [-0.39, 0.29) is 12.0 Å². The van der Waals surface area contributed by atoms with E-state index in [1.54, 1.807) is 6.20 Å². The number of H-pyrrole nitrogens is 1. The minimum Gasteiger partial charge on any atom is -0.379 e. The number of imidazole rings is 1. The molecule has 0 saturated carbocycles. The minimum absolute atomic E-state index is 0.0411. The summed E-state index contributed by atoms with van der Waals surface area (Å²) in [7, 11) is 0. The predicted molar refractivity (Wildman–Crippen MR) is 235 cm³/mol. The number of aromatic nitrogens is 2. The van der Waals surface area contributed by atoms with Crippen LogP contribution in [0.15, 0.2) is 12.5 Å². The van der Waals surface area contributed by atoms with Crippen LogP contribution >= 0.6 is 0 Å². The predicted octanol–water partition coefficient (Wildman–Crippen LogP) is 11.6. The lowest BCUT2D eigenvalue weighted by Crippen LogP contribution is -2.28. The van der Waals surface area contributed by atoms with Gasteiger partial charge in [-0.25, -0.2) is 4.98 Å². The number of amides is 1. The Morgan fingerprint density at radius 3 is 1.28 bits per heavy atom. The van der Waals surface area contributed by atoms with Gasteiger partial charge in [-0.15, -0.1) is 0 Å². The molecule has 336 valence electrons. The molecule has 1 rings (SSSR count). The van der Waals surface area contributed by atoms with Crippen molar-refractivity contribution in [2.75, 3.05) is 79.2 Å². The Morgan fingerprint density at radius 2 is 0.860 bits per heavy atom. The highest BCUT2D eigenvalue weighted by Crippen LogP contribution is 2.15. The van der Waals surface area contributed by atoms with Crippen LogP contribution in [0, 0.1) is 0 Å². The fourth-order valence-corrected chi connectivity index (χ4v) is 6.89.